The van der Waals surface area contributed by atoms with Crippen LogP contribution < -0.4 is 5.48 Å². The van der Waals surface area contributed by atoms with Crippen LogP contribution in [-0.2, 0) is 11.2 Å². The first kappa shape index (κ1) is 14.7. The summed E-state index contributed by atoms with van der Waals surface area (Å²) in [6, 6.07) is 6.34. The first-order valence-electron chi connectivity index (χ1n) is 6.58. The van der Waals surface area contributed by atoms with Gasteiger partial charge in [0.25, 0.3) is 0 Å². The molecule has 3 heteroatoms. The number of hydroxylamine groups is 1. The van der Waals surface area contributed by atoms with Crippen LogP contribution in [0.25, 0.3) is 0 Å². The van der Waals surface area contributed by atoms with Gasteiger partial charge in [-0.25, -0.2) is 5.48 Å². The predicted molar refractivity (Wildman–Crippen MR) is 72.6 cm³/mol. The molecule has 3 nitrogen and oxygen atoms in total. The van der Waals surface area contributed by atoms with E-state index in [1.54, 1.807) is 5.48 Å². The lowest BCUT2D eigenvalue weighted by atomic mass is 9.92. The molecule has 0 spiro atoms. The highest BCUT2D eigenvalue weighted by Crippen LogP contribution is 2.18. The number of benzene rings is 1. The van der Waals surface area contributed by atoms with Crippen LogP contribution >= 0.6 is 0 Å². The zero-order chi connectivity index (χ0) is 13.5. The number of rotatable bonds is 6. The molecule has 1 aromatic rings. The van der Waals surface area contributed by atoms with Crippen molar-refractivity contribution in [3.8, 4) is 0 Å². The fraction of sp³-hybridized carbons (Fsp3) is 0.533. The van der Waals surface area contributed by atoms with Gasteiger partial charge in [-0.05, 0) is 32.3 Å². The zero-order valence-corrected chi connectivity index (χ0v) is 11.5. The third-order valence-electron chi connectivity index (χ3n) is 3.15. The number of carbonyl (C=O) groups excluding carboxylic acids is 1. The van der Waals surface area contributed by atoms with E-state index < -0.39 is 0 Å². The van der Waals surface area contributed by atoms with E-state index in [0.717, 1.165) is 24.8 Å². The molecule has 0 radical (unpaired) electrons. The highest BCUT2D eigenvalue weighted by atomic mass is 16.5. The maximum absolute atomic E-state index is 11.6. The quantitative estimate of drug-likeness (QED) is 0.601. The molecule has 0 bridgehead atoms. The van der Waals surface area contributed by atoms with E-state index in [-0.39, 0.29) is 11.8 Å². The third-order valence-corrected chi connectivity index (χ3v) is 3.15. The van der Waals surface area contributed by atoms with Crippen molar-refractivity contribution in [2.24, 2.45) is 5.92 Å². The number of hydrogen-bond acceptors (Lipinski definition) is 2. The van der Waals surface area contributed by atoms with Gasteiger partial charge < -0.3 is 0 Å². The van der Waals surface area contributed by atoms with Crippen molar-refractivity contribution in [1.29, 1.82) is 0 Å². The van der Waals surface area contributed by atoms with Gasteiger partial charge in [0.2, 0.25) is 5.91 Å². The van der Waals surface area contributed by atoms with Crippen molar-refractivity contribution in [2.75, 3.05) is 0 Å². The molecule has 18 heavy (non-hydrogen) atoms. The Morgan fingerprint density at radius 1 is 1.28 bits per heavy atom. The summed E-state index contributed by atoms with van der Waals surface area (Å²) in [4.78, 5) is 11.6. The monoisotopic (exact) mass is 249 g/mol. The first-order chi connectivity index (χ1) is 8.56. The van der Waals surface area contributed by atoms with E-state index in [2.05, 4.69) is 39.0 Å². The Morgan fingerprint density at radius 2 is 1.89 bits per heavy atom. The molecule has 100 valence electrons. The summed E-state index contributed by atoms with van der Waals surface area (Å²) in [5.41, 5.74) is 5.37. The average molecular weight is 249 g/mol. The highest BCUT2D eigenvalue weighted by molar-refractivity contribution is 5.77. The van der Waals surface area contributed by atoms with Crippen LogP contribution in [0.2, 0.25) is 0 Å². The van der Waals surface area contributed by atoms with Crippen LogP contribution in [0.15, 0.2) is 18.2 Å². The van der Waals surface area contributed by atoms with Gasteiger partial charge in [0.05, 0.1) is 0 Å². The van der Waals surface area contributed by atoms with Gasteiger partial charge in [0, 0.05) is 5.92 Å². The molecular formula is C15H23NO2. The number of carbonyl (C=O) groups is 1. The van der Waals surface area contributed by atoms with Gasteiger partial charge in [-0.15, -0.1) is 0 Å². The third kappa shape index (κ3) is 4.49. The molecule has 0 heterocycles. The number of aryl methyl sites for hydroxylation is 2. The molecule has 0 aliphatic rings. The predicted octanol–water partition coefficient (Wildman–Crippen LogP) is 3.16. The maximum Gasteiger partial charge on any atom is 0.246 e. The topological polar surface area (TPSA) is 49.3 Å². The summed E-state index contributed by atoms with van der Waals surface area (Å²) < 4.78 is 0. The number of amides is 1. The summed E-state index contributed by atoms with van der Waals surface area (Å²) in [5, 5.41) is 8.79. The Bertz CT molecular complexity index is 381. The zero-order valence-electron chi connectivity index (χ0n) is 11.5. The van der Waals surface area contributed by atoms with E-state index in [4.69, 9.17) is 5.21 Å². The van der Waals surface area contributed by atoms with Crippen molar-refractivity contribution >= 4 is 5.91 Å². The van der Waals surface area contributed by atoms with Gasteiger partial charge in [-0.1, -0.05) is 49.1 Å². The van der Waals surface area contributed by atoms with Gasteiger partial charge in [0.15, 0.2) is 0 Å². The Hall–Kier alpha value is -1.35. The molecule has 1 atom stereocenters. The molecule has 1 rings (SSSR count). The van der Waals surface area contributed by atoms with Gasteiger partial charge in [0.1, 0.15) is 0 Å². The van der Waals surface area contributed by atoms with Crippen molar-refractivity contribution in [3.05, 3.63) is 34.9 Å². The van der Waals surface area contributed by atoms with E-state index in [9.17, 15) is 4.79 Å². The minimum atomic E-state index is -0.275. The normalized spacial score (nSPS) is 12.2. The van der Waals surface area contributed by atoms with Crippen molar-refractivity contribution in [1.82, 2.24) is 5.48 Å². The molecule has 0 aliphatic carbocycles. The van der Waals surface area contributed by atoms with Crippen LogP contribution in [0, 0.1) is 19.8 Å². The molecular weight excluding hydrogens is 226 g/mol. The summed E-state index contributed by atoms with van der Waals surface area (Å²) in [7, 11) is 0. The summed E-state index contributed by atoms with van der Waals surface area (Å²) in [5.74, 6) is -0.418. The van der Waals surface area contributed by atoms with Crippen molar-refractivity contribution < 1.29 is 10.0 Å². The summed E-state index contributed by atoms with van der Waals surface area (Å²) in [6.45, 7) is 6.22. The van der Waals surface area contributed by atoms with Crippen LogP contribution in [0.4, 0.5) is 0 Å². The molecule has 2 N–H and O–H groups in total. The molecule has 0 saturated carbocycles. The second-order valence-electron chi connectivity index (χ2n) is 5.02. The summed E-state index contributed by atoms with van der Waals surface area (Å²) >= 11 is 0. The highest BCUT2D eigenvalue weighted by Gasteiger charge is 2.18. The van der Waals surface area contributed by atoms with Gasteiger partial charge >= 0.3 is 0 Å². The van der Waals surface area contributed by atoms with E-state index in [0.29, 0.717) is 6.42 Å². The summed E-state index contributed by atoms with van der Waals surface area (Å²) in [6.07, 6.45) is 3.57. The Kier molecular flexibility index (Phi) is 5.86. The SMILES string of the molecule is CCCCC(Cc1cc(C)cc(C)c1)C(=O)NO. The Morgan fingerprint density at radius 3 is 2.39 bits per heavy atom. The second-order valence-corrected chi connectivity index (χ2v) is 5.02. The van der Waals surface area contributed by atoms with Crippen LogP contribution in [0.3, 0.4) is 0 Å². The largest absolute Gasteiger partial charge is 0.289 e. The number of nitrogens with one attached hydrogen (secondary N) is 1. The van der Waals surface area contributed by atoms with Crippen molar-refractivity contribution in [2.45, 2.75) is 46.5 Å². The standard InChI is InChI=1S/C15H23NO2/c1-4-5-6-14(15(17)16-18)10-13-8-11(2)7-12(3)9-13/h7-9,14,18H,4-6,10H2,1-3H3,(H,16,17). The van der Waals surface area contributed by atoms with E-state index in [1.165, 1.54) is 11.1 Å². The van der Waals surface area contributed by atoms with E-state index in [1.807, 2.05) is 0 Å². The molecule has 0 aromatic heterocycles. The smallest absolute Gasteiger partial charge is 0.246 e. The fourth-order valence-corrected chi connectivity index (χ4v) is 2.34. The lowest BCUT2D eigenvalue weighted by Gasteiger charge is -2.15. The lowest BCUT2D eigenvalue weighted by Crippen LogP contribution is -2.29. The van der Waals surface area contributed by atoms with Crippen LogP contribution in [0.1, 0.15) is 42.9 Å². The van der Waals surface area contributed by atoms with Gasteiger partial charge in [-0.2, -0.15) is 0 Å². The van der Waals surface area contributed by atoms with Crippen molar-refractivity contribution in [3.63, 3.8) is 0 Å². The molecule has 0 fully saturated rings. The van der Waals surface area contributed by atoms with Crippen LogP contribution in [0.5, 0.6) is 0 Å². The minimum Gasteiger partial charge on any atom is -0.289 e. The molecule has 1 unspecified atom stereocenters. The first-order valence-corrected chi connectivity index (χ1v) is 6.58. The molecule has 1 aromatic carbocycles. The Labute approximate surface area is 109 Å². The van der Waals surface area contributed by atoms with E-state index >= 15 is 0 Å². The fourth-order valence-electron chi connectivity index (χ4n) is 2.34. The van der Waals surface area contributed by atoms with Gasteiger partial charge in [-0.3, -0.25) is 10.0 Å². The molecule has 1 amide bonds. The lowest BCUT2D eigenvalue weighted by molar-refractivity contribution is -0.133. The Balaban J connectivity index is 2.78. The number of hydrogen-bond donors (Lipinski definition) is 2. The van der Waals surface area contributed by atoms with Crippen LogP contribution in [-0.4, -0.2) is 11.1 Å². The minimum absolute atomic E-state index is 0.142. The second kappa shape index (κ2) is 7.17. The average Bonchev–Trinajstić information content (AvgIpc) is 2.32. The maximum atomic E-state index is 11.6. The molecule has 0 saturated heterocycles. The molecule has 0 aliphatic heterocycles. The number of unbranched alkanes of at least 4 members (excludes halogenated alkanes) is 1.